The van der Waals surface area contributed by atoms with Crippen molar-refractivity contribution in [2.24, 2.45) is 0 Å². The molecule has 0 saturated carbocycles. The topological polar surface area (TPSA) is 52.7 Å². The minimum absolute atomic E-state index is 0.00799. The lowest BCUT2D eigenvalue weighted by Crippen LogP contribution is -2.35. The summed E-state index contributed by atoms with van der Waals surface area (Å²) in [6.45, 7) is 4.31. The molecule has 2 aromatic carbocycles. The number of carbonyl (C=O) groups is 2. The lowest BCUT2D eigenvalue weighted by molar-refractivity contribution is -0.117. The van der Waals surface area contributed by atoms with Crippen molar-refractivity contribution in [1.82, 2.24) is 0 Å². The number of anilines is 3. The standard InChI is InChI=1S/C19H23N3O2/c1-4-22(18-8-6-5-7-9-18)19(24)14-20-16-10-12-17(13-11-16)21(3)15(2)23/h5-13,20H,4,14H2,1-3H3. The van der Waals surface area contributed by atoms with Gasteiger partial charge in [-0.15, -0.1) is 0 Å². The predicted octanol–water partition coefficient (Wildman–Crippen LogP) is 3.13. The summed E-state index contributed by atoms with van der Waals surface area (Å²) in [5.74, 6) is -0.0130. The first-order chi connectivity index (χ1) is 11.5. The average molecular weight is 325 g/mol. The van der Waals surface area contributed by atoms with Crippen LogP contribution in [0.1, 0.15) is 13.8 Å². The number of hydrogen-bond donors (Lipinski definition) is 1. The second-order valence-electron chi connectivity index (χ2n) is 5.45. The van der Waals surface area contributed by atoms with E-state index in [1.165, 1.54) is 6.92 Å². The van der Waals surface area contributed by atoms with Crippen LogP contribution in [-0.2, 0) is 9.59 Å². The van der Waals surface area contributed by atoms with Crippen LogP contribution in [-0.4, -0.2) is 32.0 Å². The Balaban J connectivity index is 1.97. The average Bonchev–Trinajstić information content (AvgIpc) is 2.61. The number of hydrogen-bond acceptors (Lipinski definition) is 3. The van der Waals surface area contributed by atoms with E-state index in [1.54, 1.807) is 16.8 Å². The minimum Gasteiger partial charge on any atom is -0.376 e. The van der Waals surface area contributed by atoms with Crippen LogP contribution < -0.4 is 15.1 Å². The third-order valence-electron chi connectivity index (χ3n) is 3.86. The number of carbonyl (C=O) groups excluding carboxylic acids is 2. The normalized spacial score (nSPS) is 10.1. The maximum Gasteiger partial charge on any atom is 0.246 e. The van der Waals surface area contributed by atoms with Crippen LogP contribution >= 0.6 is 0 Å². The predicted molar refractivity (Wildman–Crippen MR) is 98.5 cm³/mol. The van der Waals surface area contributed by atoms with Gasteiger partial charge in [-0.1, -0.05) is 18.2 Å². The molecule has 0 saturated heterocycles. The highest BCUT2D eigenvalue weighted by molar-refractivity contribution is 5.96. The fourth-order valence-electron chi connectivity index (χ4n) is 2.37. The van der Waals surface area contributed by atoms with Crippen molar-refractivity contribution in [2.75, 3.05) is 35.3 Å². The van der Waals surface area contributed by atoms with Gasteiger partial charge < -0.3 is 15.1 Å². The molecule has 0 aliphatic heterocycles. The number of nitrogens with one attached hydrogen (secondary N) is 1. The summed E-state index contributed by atoms with van der Waals surface area (Å²) >= 11 is 0. The molecule has 0 unspecified atom stereocenters. The summed E-state index contributed by atoms with van der Waals surface area (Å²) < 4.78 is 0. The fraction of sp³-hybridized carbons (Fsp3) is 0.263. The molecule has 5 nitrogen and oxygen atoms in total. The molecule has 5 heteroatoms. The maximum absolute atomic E-state index is 12.4. The molecule has 0 aliphatic carbocycles. The zero-order chi connectivity index (χ0) is 17.5. The van der Waals surface area contributed by atoms with Crippen molar-refractivity contribution in [1.29, 1.82) is 0 Å². The summed E-state index contributed by atoms with van der Waals surface area (Å²) in [5, 5.41) is 3.13. The highest BCUT2D eigenvalue weighted by atomic mass is 16.2. The molecule has 126 valence electrons. The first kappa shape index (κ1) is 17.5. The molecule has 0 radical (unpaired) electrons. The number of amides is 2. The van der Waals surface area contributed by atoms with Crippen LogP contribution in [0.15, 0.2) is 54.6 Å². The molecule has 0 fully saturated rings. The third-order valence-corrected chi connectivity index (χ3v) is 3.86. The maximum atomic E-state index is 12.4. The zero-order valence-electron chi connectivity index (χ0n) is 14.3. The Kier molecular flexibility index (Phi) is 5.95. The molecule has 2 amide bonds. The van der Waals surface area contributed by atoms with Crippen LogP contribution in [0.5, 0.6) is 0 Å². The summed E-state index contributed by atoms with van der Waals surface area (Å²) in [5.41, 5.74) is 2.55. The van der Waals surface area contributed by atoms with Gasteiger partial charge in [-0.05, 0) is 43.3 Å². The highest BCUT2D eigenvalue weighted by Crippen LogP contribution is 2.17. The Morgan fingerprint density at radius 3 is 2.12 bits per heavy atom. The van der Waals surface area contributed by atoms with E-state index in [2.05, 4.69) is 5.32 Å². The summed E-state index contributed by atoms with van der Waals surface area (Å²) in [6, 6.07) is 17.0. The van der Waals surface area contributed by atoms with Crippen LogP contribution in [0.3, 0.4) is 0 Å². The number of para-hydroxylation sites is 1. The van der Waals surface area contributed by atoms with Crippen molar-refractivity contribution in [3.8, 4) is 0 Å². The molecule has 0 aliphatic rings. The summed E-state index contributed by atoms with van der Waals surface area (Å²) in [7, 11) is 1.73. The van der Waals surface area contributed by atoms with Crippen LogP contribution in [0.2, 0.25) is 0 Å². The molecule has 2 rings (SSSR count). The second kappa shape index (κ2) is 8.15. The van der Waals surface area contributed by atoms with E-state index < -0.39 is 0 Å². The van der Waals surface area contributed by atoms with Gasteiger partial charge in [0.25, 0.3) is 0 Å². The van der Waals surface area contributed by atoms with Crippen LogP contribution in [0.4, 0.5) is 17.1 Å². The number of rotatable bonds is 6. The monoisotopic (exact) mass is 325 g/mol. The van der Waals surface area contributed by atoms with Gasteiger partial charge in [0.1, 0.15) is 0 Å². The van der Waals surface area contributed by atoms with Gasteiger partial charge in [0.2, 0.25) is 11.8 Å². The Morgan fingerprint density at radius 1 is 0.958 bits per heavy atom. The number of nitrogens with zero attached hydrogens (tertiary/aromatic N) is 2. The van der Waals surface area contributed by atoms with Crippen molar-refractivity contribution >= 4 is 28.9 Å². The highest BCUT2D eigenvalue weighted by Gasteiger charge is 2.13. The molecule has 0 bridgehead atoms. The van der Waals surface area contributed by atoms with Crippen molar-refractivity contribution in [3.63, 3.8) is 0 Å². The van der Waals surface area contributed by atoms with E-state index in [0.29, 0.717) is 6.54 Å². The van der Waals surface area contributed by atoms with Crippen molar-refractivity contribution < 1.29 is 9.59 Å². The quantitative estimate of drug-likeness (QED) is 0.888. The molecule has 0 aromatic heterocycles. The Hall–Kier alpha value is -2.82. The summed E-state index contributed by atoms with van der Waals surface area (Å²) in [6.07, 6.45) is 0. The second-order valence-corrected chi connectivity index (χ2v) is 5.45. The smallest absolute Gasteiger partial charge is 0.246 e. The first-order valence-electron chi connectivity index (χ1n) is 7.96. The van der Waals surface area contributed by atoms with E-state index in [4.69, 9.17) is 0 Å². The largest absolute Gasteiger partial charge is 0.376 e. The fourth-order valence-corrected chi connectivity index (χ4v) is 2.37. The van der Waals surface area contributed by atoms with Gasteiger partial charge in [0.05, 0.1) is 6.54 Å². The van der Waals surface area contributed by atoms with Gasteiger partial charge in [-0.2, -0.15) is 0 Å². The molecule has 0 spiro atoms. The molecule has 0 heterocycles. The first-order valence-corrected chi connectivity index (χ1v) is 7.96. The molecular weight excluding hydrogens is 302 g/mol. The summed E-state index contributed by atoms with van der Waals surface area (Å²) in [4.78, 5) is 27.1. The van der Waals surface area contributed by atoms with Crippen molar-refractivity contribution in [3.05, 3.63) is 54.6 Å². The SMILES string of the molecule is CCN(C(=O)CNc1ccc(N(C)C(C)=O)cc1)c1ccccc1. The Bertz CT molecular complexity index is 684. The van der Waals surface area contributed by atoms with E-state index in [9.17, 15) is 9.59 Å². The Labute approximate surface area is 142 Å². The van der Waals surface area contributed by atoms with Gasteiger partial charge >= 0.3 is 0 Å². The van der Waals surface area contributed by atoms with Crippen molar-refractivity contribution in [2.45, 2.75) is 13.8 Å². The van der Waals surface area contributed by atoms with E-state index >= 15 is 0 Å². The van der Waals surface area contributed by atoms with Gasteiger partial charge in [-0.25, -0.2) is 0 Å². The molecule has 24 heavy (non-hydrogen) atoms. The number of likely N-dealkylation sites (N-methyl/N-ethyl adjacent to an activating group) is 1. The minimum atomic E-state index is -0.0210. The lowest BCUT2D eigenvalue weighted by Gasteiger charge is -2.21. The number of benzene rings is 2. The van der Waals surface area contributed by atoms with E-state index in [1.807, 2.05) is 61.5 Å². The van der Waals surface area contributed by atoms with E-state index in [0.717, 1.165) is 17.1 Å². The van der Waals surface area contributed by atoms with Gasteiger partial charge in [-0.3, -0.25) is 9.59 Å². The van der Waals surface area contributed by atoms with Gasteiger partial charge in [0, 0.05) is 37.6 Å². The van der Waals surface area contributed by atoms with Crippen LogP contribution in [0.25, 0.3) is 0 Å². The Morgan fingerprint density at radius 2 is 1.58 bits per heavy atom. The third kappa shape index (κ3) is 4.35. The zero-order valence-corrected chi connectivity index (χ0v) is 14.3. The van der Waals surface area contributed by atoms with Gasteiger partial charge in [0.15, 0.2) is 0 Å². The van der Waals surface area contributed by atoms with E-state index in [-0.39, 0.29) is 18.4 Å². The molecule has 0 atom stereocenters. The molecule has 2 aromatic rings. The molecular formula is C19H23N3O2. The molecule has 1 N–H and O–H groups in total. The lowest BCUT2D eigenvalue weighted by atomic mass is 10.2. The van der Waals surface area contributed by atoms with Crippen LogP contribution in [0, 0.1) is 0 Å².